The van der Waals surface area contributed by atoms with E-state index in [1.54, 1.807) is 18.3 Å². The Kier molecular flexibility index (Phi) is 4.82. The zero-order valence-corrected chi connectivity index (χ0v) is 12.9. The molecule has 0 saturated heterocycles. The number of fused-ring (bicyclic) bond motifs is 1. The molecule has 0 fully saturated rings. The van der Waals surface area contributed by atoms with Crippen molar-refractivity contribution >= 4 is 16.8 Å². The van der Waals surface area contributed by atoms with Crippen LogP contribution in [0.3, 0.4) is 0 Å². The van der Waals surface area contributed by atoms with Crippen LogP contribution in [0, 0.1) is 5.82 Å². The first-order valence-corrected chi connectivity index (χ1v) is 7.67. The molecule has 1 amide bonds. The van der Waals surface area contributed by atoms with Gasteiger partial charge in [-0.05, 0) is 30.2 Å². The Bertz CT molecular complexity index is 852. The van der Waals surface area contributed by atoms with Crippen molar-refractivity contribution in [3.63, 3.8) is 0 Å². The third-order valence-corrected chi connectivity index (χ3v) is 3.79. The SMILES string of the molecule is O=C(NC(CO)Cc1ccccc1)c1cc(F)cc2cccnc12. The van der Waals surface area contributed by atoms with Gasteiger partial charge in [-0.25, -0.2) is 4.39 Å². The normalized spacial score (nSPS) is 12.1. The minimum absolute atomic E-state index is 0.164. The topological polar surface area (TPSA) is 62.2 Å². The first-order chi connectivity index (χ1) is 11.7. The van der Waals surface area contributed by atoms with E-state index in [0.29, 0.717) is 17.3 Å². The maximum absolute atomic E-state index is 13.8. The Balaban J connectivity index is 1.83. The van der Waals surface area contributed by atoms with Crippen LogP contribution in [0.4, 0.5) is 4.39 Å². The summed E-state index contributed by atoms with van der Waals surface area (Å²) < 4.78 is 13.8. The number of pyridine rings is 1. The third-order valence-electron chi connectivity index (χ3n) is 3.79. The standard InChI is InChI=1S/C19H17FN2O2/c20-15-10-14-7-4-8-21-18(14)17(11-15)19(24)22-16(12-23)9-13-5-2-1-3-6-13/h1-8,10-11,16,23H,9,12H2,(H,22,24). The first-order valence-electron chi connectivity index (χ1n) is 7.67. The summed E-state index contributed by atoms with van der Waals surface area (Å²) in [6.07, 6.45) is 2.05. The van der Waals surface area contributed by atoms with Crippen LogP contribution in [0.15, 0.2) is 60.8 Å². The molecule has 0 bridgehead atoms. The fraction of sp³-hybridized carbons (Fsp3) is 0.158. The Labute approximate surface area is 139 Å². The van der Waals surface area contributed by atoms with E-state index in [1.165, 1.54) is 12.1 Å². The van der Waals surface area contributed by atoms with Gasteiger partial charge in [-0.3, -0.25) is 9.78 Å². The molecule has 3 aromatic rings. The number of rotatable bonds is 5. The molecule has 0 aliphatic heterocycles. The summed E-state index contributed by atoms with van der Waals surface area (Å²) in [5.41, 5.74) is 1.60. The van der Waals surface area contributed by atoms with Crippen molar-refractivity contribution in [3.05, 3.63) is 77.7 Å². The second-order valence-electron chi connectivity index (χ2n) is 5.57. The van der Waals surface area contributed by atoms with Crippen molar-refractivity contribution in [1.29, 1.82) is 0 Å². The number of halogens is 1. The summed E-state index contributed by atoms with van der Waals surface area (Å²) in [6.45, 7) is -0.207. The van der Waals surface area contributed by atoms with Crippen LogP contribution in [0.25, 0.3) is 10.9 Å². The highest BCUT2D eigenvalue weighted by molar-refractivity contribution is 6.05. The minimum atomic E-state index is -0.496. The molecule has 2 aromatic carbocycles. The molecule has 2 N–H and O–H groups in total. The number of carbonyl (C=O) groups is 1. The van der Waals surface area contributed by atoms with Crippen LogP contribution >= 0.6 is 0 Å². The highest BCUT2D eigenvalue weighted by atomic mass is 19.1. The Hall–Kier alpha value is -2.79. The smallest absolute Gasteiger partial charge is 0.253 e. The number of carbonyl (C=O) groups excluding carboxylic acids is 1. The van der Waals surface area contributed by atoms with Crippen LogP contribution in [-0.4, -0.2) is 28.6 Å². The lowest BCUT2D eigenvalue weighted by molar-refractivity contribution is 0.0917. The number of nitrogens with zero attached hydrogens (tertiary/aromatic N) is 1. The van der Waals surface area contributed by atoms with E-state index in [-0.39, 0.29) is 12.2 Å². The van der Waals surface area contributed by atoms with Gasteiger partial charge in [0.15, 0.2) is 0 Å². The average molecular weight is 324 g/mol. The van der Waals surface area contributed by atoms with Crippen molar-refractivity contribution in [2.75, 3.05) is 6.61 Å². The predicted octanol–water partition coefficient (Wildman–Crippen LogP) is 2.71. The largest absolute Gasteiger partial charge is 0.394 e. The van der Waals surface area contributed by atoms with Crippen molar-refractivity contribution in [1.82, 2.24) is 10.3 Å². The lowest BCUT2D eigenvalue weighted by Crippen LogP contribution is -2.39. The molecule has 0 saturated carbocycles. The van der Waals surface area contributed by atoms with Crippen molar-refractivity contribution in [3.8, 4) is 0 Å². The van der Waals surface area contributed by atoms with Crippen LogP contribution < -0.4 is 5.32 Å². The molecule has 5 heteroatoms. The quantitative estimate of drug-likeness (QED) is 0.758. The van der Waals surface area contributed by atoms with Crippen LogP contribution in [0.5, 0.6) is 0 Å². The van der Waals surface area contributed by atoms with Gasteiger partial charge in [0, 0.05) is 11.6 Å². The zero-order chi connectivity index (χ0) is 16.9. The highest BCUT2D eigenvalue weighted by Gasteiger charge is 2.17. The van der Waals surface area contributed by atoms with Gasteiger partial charge >= 0.3 is 0 Å². The Morgan fingerprint density at radius 3 is 2.71 bits per heavy atom. The number of aliphatic hydroxyl groups excluding tert-OH is 1. The summed E-state index contributed by atoms with van der Waals surface area (Å²) in [5, 5.41) is 12.9. The van der Waals surface area contributed by atoms with Gasteiger partial charge in [-0.2, -0.15) is 0 Å². The number of amides is 1. The fourth-order valence-corrected chi connectivity index (χ4v) is 2.65. The monoisotopic (exact) mass is 324 g/mol. The molecule has 122 valence electrons. The van der Waals surface area contributed by atoms with Gasteiger partial charge in [0.25, 0.3) is 5.91 Å². The average Bonchev–Trinajstić information content (AvgIpc) is 2.61. The van der Waals surface area contributed by atoms with E-state index in [9.17, 15) is 14.3 Å². The highest BCUT2D eigenvalue weighted by Crippen LogP contribution is 2.18. The van der Waals surface area contributed by atoms with Crippen molar-refractivity contribution in [2.24, 2.45) is 0 Å². The molecular weight excluding hydrogens is 307 g/mol. The molecule has 0 aliphatic carbocycles. The van der Waals surface area contributed by atoms with Crippen molar-refractivity contribution in [2.45, 2.75) is 12.5 Å². The molecule has 4 nitrogen and oxygen atoms in total. The summed E-state index contributed by atoms with van der Waals surface area (Å²) in [5.74, 6) is -0.947. The van der Waals surface area contributed by atoms with Crippen molar-refractivity contribution < 1.29 is 14.3 Å². The molecule has 0 spiro atoms. The van der Waals surface area contributed by atoms with Gasteiger partial charge in [0.1, 0.15) is 5.82 Å². The molecule has 1 unspecified atom stereocenters. The molecule has 0 aliphatic rings. The van der Waals surface area contributed by atoms with E-state index in [4.69, 9.17) is 0 Å². The molecule has 24 heavy (non-hydrogen) atoms. The van der Waals surface area contributed by atoms with Crippen LogP contribution in [0.1, 0.15) is 15.9 Å². The molecule has 1 heterocycles. The maximum Gasteiger partial charge on any atom is 0.253 e. The maximum atomic E-state index is 13.8. The number of nitrogens with one attached hydrogen (secondary N) is 1. The number of hydrogen-bond donors (Lipinski definition) is 2. The van der Waals surface area contributed by atoms with E-state index in [2.05, 4.69) is 10.3 Å². The lowest BCUT2D eigenvalue weighted by atomic mass is 10.0. The summed E-state index contributed by atoms with van der Waals surface area (Å²) in [4.78, 5) is 16.7. The molecule has 0 radical (unpaired) electrons. The fourth-order valence-electron chi connectivity index (χ4n) is 2.65. The number of aliphatic hydroxyl groups is 1. The number of benzene rings is 2. The second-order valence-corrected chi connectivity index (χ2v) is 5.57. The summed E-state index contributed by atoms with van der Waals surface area (Å²) >= 11 is 0. The third kappa shape index (κ3) is 3.58. The van der Waals surface area contributed by atoms with Gasteiger partial charge < -0.3 is 10.4 Å². The molecular formula is C19H17FN2O2. The minimum Gasteiger partial charge on any atom is -0.394 e. The molecule has 1 aromatic heterocycles. The summed E-state index contributed by atoms with van der Waals surface area (Å²) in [6, 6.07) is 15.0. The van der Waals surface area contributed by atoms with Gasteiger partial charge in [0.05, 0.1) is 23.7 Å². The van der Waals surface area contributed by atoms with E-state index >= 15 is 0 Å². The number of aromatic nitrogens is 1. The van der Waals surface area contributed by atoms with Gasteiger partial charge in [-0.1, -0.05) is 36.4 Å². The van der Waals surface area contributed by atoms with E-state index in [1.807, 2.05) is 30.3 Å². The van der Waals surface area contributed by atoms with E-state index in [0.717, 1.165) is 5.56 Å². The second kappa shape index (κ2) is 7.19. The van der Waals surface area contributed by atoms with Gasteiger partial charge in [-0.15, -0.1) is 0 Å². The van der Waals surface area contributed by atoms with Crippen LogP contribution in [-0.2, 0) is 6.42 Å². The van der Waals surface area contributed by atoms with Gasteiger partial charge in [0.2, 0.25) is 0 Å². The first kappa shape index (κ1) is 16.1. The Morgan fingerprint density at radius 1 is 1.17 bits per heavy atom. The molecule has 1 atom stereocenters. The Morgan fingerprint density at radius 2 is 1.96 bits per heavy atom. The molecule has 3 rings (SSSR count). The van der Waals surface area contributed by atoms with Crippen LogP contribution in [0.2, 0.25) is 0 Å². The number of hydrogen-bond acceptors (Lipinski definition) is 3. The summed E-state index contributed by atoms with van der Waals surface area (Å²) in [7, 11) is 0. The predicted molar refractivity (Wildman–Crippen MR) is 90.2 cm³/mol. The zero-order valence-electron chi connectivity index (χ0n) is 12.9. The lowest BCUT2D eigenvalue weighted by Gasteiger charge is -2.17. The van der Waals surface area contributed by atoms with E-state index < -0.39 is 17.8 Å².